The first-order valence-corrected chi connectivity index (χ1v) is 41.9. The summed E-state index contributed by atoms with van der Waals surface area (Å²) in [5, 5.41) is 0. The fourth-order valence-electron chi connectivity index (χ4n) is 11.8. The summed E-state index contributed by atoms with van der Waals surface area (Å²) in [5.74, 6) is -0.823. The van der Waals surface area contributed by atoms with Gasteiger partial charge in [-0.3, -0.25) is 18.6 Å². The molecule has 550 valence electrons. The molecule has 0 heterocycles. The maximum atomic E-state index is 12.8. The van der Waals surface area contributed by atoms with Crippen LogP contribution in [0.3, 0.4) is 0 Å². The van der Waals surface area contributed by atoms with Crippen LogP contribution in [0.1, 0.15) is 386 Å². The van der Waals surface area contributed by atoms with Crippen LogP contribution >= 0.6 is 7.82 Å². The third kappa shape index (κ3) is 79.5. The molecule has 0 aliphatic heterocycles. The van der Waals surface area contributed by atoms with Crippen molar-refractivity contribution in [2.75, 3.05) is 26.4 Å². The van der Waals surface area contributed by atoms with Gasteiger partial charge in [-0.2, -0.15) is 0 Å². The summed E-state index contributed by atoms with van der Waals surface area (Å²) in [4.78, 5) is 35.5. The largest absolute Gasteiger partial charge is 0.472 e. The zero-order valence-corrected chi connectivity index (χ0v) is 63.0. The van der Waals surface area contributed by atoms with Crippen LogP contribution < -0.4 is 5.73 Å². The molecule has 0 amide bonds. The van der Waals surface area contributed by atoms with Crippen LogP contribution in [-0.2, 0) is 32.7 Å². The van der Waals surface area contributed by atoms with Crippen LogP contribution in [0.25, 0.3) is 0 Å². The van der Waals surface area contributed by atoms with E-state index in [1.807, 2.05) is 0 Å². The van der Waals surface area contributed by atoms with Gasteiger partial charge in [0.15, 0.2) is 6.10 Å². The van der Waals surface area contributed by atoms with E-state index in [-0.39, 0.29) is 38.6 Å². The van der Waals surface area contributed by atoms with Gasteiger partial charge in [0.25, 0.3) is 0 Å². The third-order valence-electron chi connectivity index (χ3n) is 17.7. The Balaban J connectivity index is 3.83. The minimum absolute atomic E-state index is 0.0495. The van der Waals surface area contributed by atoms with Gasteiger partial charge < -0.3 is 20.1 Å². The van der Waals surface area contributed by atoms with Crippen LogP contribution in [0.15, 0.2) is 109 Å². The lowest BCUT2D eigenvalue weighted by Crippen LogP contribution is -2.29. The number of allylic oxidation sites excluding steroid dienone is 18. The Morgan fingerprint density at radius 1 is 0.326 bits per heavy atom. The number of esters is 2. The Labute approximate surface area is 588 Å². The molecule has 0 spiro atoms. The first kappa shape index (κ1) is 91.7. The third-order valence-corrected chi connectivity index (χ3v) is 18.7. The smallest absolute Gasteiger partial charge is 0.462 e. The van der Waals surface area contributed by atoms with E-state index in [4.69, 9.17) is 24.3 Å². The van der Waals surface area contributed by atoms with Gasteiger partial charge in [0.2, 0.25) is 0 Å². The number of ether oxygens (including phenoxy) is 2. The normalized spacial score (nSPS) is 13.4. The lowest BCUT2D eigenvalue weighted by molar-refractivity contribution is -0.161. The molecular formula is C85H152NO8P. The van der Waals surface area contributed by atoms with Gasteiger partial charge in [-0.1, -0.05) is 399 Å². The van der Waals surface area contributed by atoms with Gasteiger partial charge in [0, 0.05) is 19.4 Å². The van der Waals surface area contributed by atoms with Crippen LogP contribution in [0.5, 0.6) is 0 Å². The molecule has 0 bridgehead atoms. The van der Waals surface area contributed by atoms with Crippen molar-refractivity contribution < 1.29 is 37.6 Å². The summed E-state index contributed by atoms with van der Waals surface area (Å²) in [5.41, 5.74) is 5.41. The van der Waals surface area contributed by atoms with Crippen molar-refractivity contribution in [3.05, 3.63) is 109 Å². The number of phosphoric acid groups is 1. The molecule has 95 heavy (non-hydrogen) atoms. The number of carbonyl (C=O) groups is 2. The van der Waals surface area contributed by atoms with Gasteiger partial charge in [0.1, 0.15) is 6.61 Å². The van der Waals surface area contributed by atoms with Crippen LogP contribution in [0.2, 0.25) is 0 Å². The van der Waals surface area contributed by atoms with Crippen molar-refractivity contribution in [3.63, 3.8) is 0 Å². The average molecular weight is 1350 g/mol. The van der Waals surface area contributed by atoms with Gasteiger partial charge >= 0.3 is 19.8 Å². The van der Waals surface area contributed by atoms with Crippen LogP contribution in [0.4, 0.5) is 0 Å². The van der Waals surface area contributed by atoms with Crippen molar-refractivity contribution >= 4 is 19.8 Å². The van der Waals surface area contributed by atoms with Crippen molar-refractivity contribution in [1.82, 2.24) is 0 Å². The average Bonchev–Trinajstić information content (AvgIpc) is 2.64. The molecule has 0 aromatic rings. The molecule has 2 atom stereocenters. The van der Waals surface area contributed by atoms with E-state index < -0.39 is 26.5 Å². The molecule has 9 nitrogen and oxygen atoms in total. The first-order valence-electron chi connectivity index (χ1n) is 40.4. The Bertz CT molecular complexity index is 1930. The SMILES string of the molecule is CC/C=C\C/C=C\C/C=C\C/C=C\C/C=C\C/C=C\C/C=C\C/C=C\C/C=C\CCCCCCCCCCCC(=O)OC(COC(=O)CCCCCCCCCCCCCCCCCCCCCCCCCCCCCCCCCCCCCCC)COP(=O)(O)OCCN. The molecule has 0 saturated carbocycles. The highest BCUT2D eigenvalue weighted by atomic mass is 31.2. The monoisotopic (exact) mass is 1350 g/mol. The molecule has 0 radical (unpaired) electrons. The topological polar surface area (TPSA) is 134 Å². The molecule has 10 heteroatoms. The summed E-state index contributed by atoms with van der Waals surface area (Å²) in [6.07, 6.45) is 111. The van der Waals surface area contributed by atoms with E-state index in [0.29, 0.717) is 6.42 Å². The zero-order chi connectivity index (χ0) is 68.6. The molecule has 0 rings (SSSR count). The van der Waals surface area contributed by atoms with E-state index >= 15 is 0 Å². The highest BCUT2D eigenvalue weighted by Crippen LogP contribution is 2.43. The van der Waals surface area contributed by atoms with Crippen molar-refractivity contribution in [1.29, 1.82) is 0 Å². The van der Waals surface area contributed by atoms with Gasteiger partial charge in [0.05, 0.1) is 13.2 Å². The Kier molecular flexibility index (Phi) is 76.9. The van der Waals surface area contributed by atoms with Crippen molar-refractivity contribution in [2.45, 2.75) is 392 Å². The van der Waals surface area contributed by atoms with E-state index in [1.54, 1.807) is 0 Å². The Morgan fingerprint density at radius 2 is 0.579 bits per heavy atom. The fourth-order valence-corrected chi connectivity index (χ4v) is 12.5. The molecule has 0 aromatic carbocycles. The number of phosphoric ester groups is 1. The molecule has 0 saturated heterocycles. The number of rotatable bonds is 76. The lowest BCUT2D eigenvalue weighted by atomic mass is 10.0. The molecule has 0 aromatic heterocycles. The molecular weight excluding hydrogens is 1190 g/mol. The quantitative estimate of drug-likeness (QED) is 0.0264. The summed E-state index contributed by atoms with van der Waals surface area (Å²) in [7, 11) is -4.40. The molecule has 3 N–H and O–H groups in total. The number of hydrogen-bond donors (Lipinski definition) is 2. The minimum Gasteiger partial charge on any atom is -0.462 e. The second-order valence-corrected chi connectivity index (χ2v) is 28.4. The fraction of sp³-hybridized carbons (Fsp3) is 0.765. The molecule has 0 aliphatic carbocycles. The van der Waals surface area contributed by atoms with Gasteiger partial charge in [-0.05, 0) is 83.5 Å². The lowest BCUT2D eigenvalue weighted by Gasteiger charge is -2.19. The standard InChI is InChI=1S/C85H152NO8P/c1-3-5-7-9-11-13-15-17-19-21-23-25-27-29-31-33-35-37-39-41-43-45-47-49-51-53-55-57-59-61-63-65-67-69-71-73-75-77-84(87)91-81-83(82-93-95(89,90)92-80-79-86)94-85(88)78-76-74-72-70-68-66-64-62-60-58-56-54-52-50-48-46-44-42-40-38-36-34-32-30-28-26-24-22-20-18-16-14-12-10-8-6-4-2/h6,8,12,14,18,20,24,26,30,32,36,38,42,44,48,50,54,56,83H,3-5,7,9-11,13,15-17,19,21-23,25,27-29,31,33-35,37,39-41,43,45-47,49,51-53,55,57-82,86H2,1-2H3,(H,89,90)/b8-6-,14-12-,20-18-,26-24-,32-30-,38-36-,44-42-,50-48-,56-54-. The van der Waals surface area contributed by atoms with E-state index in [9.17, 15) is 19.0 Å². The molecule has 0 aliphatic rings. The minimum atomic E-state index is -4.40. The number of hydrogen-bond acceptors (Lipinski definition) is 8. The molecule has 0 fully saturated rings. The highest BCUT2D eigenvalue weighted by molar-refractivity contribution is 7.47. The second kappa shape index (κ2) is 79.7. The first-order chi connectivity index (χ1) is 46.8. The van der Waals surface area contributed by atoms with E-state index in [1.165, 1.54) is 250 Å². The highest BCUT2D eigenvalue weighted by Gasteiger charge is 2.26. The predicted octanol–water partition coefficient (Wildman–Crippen LogP) is 27.2. The number of carbonyl (C=O) groups excluding carboxylic acids is 2. The summed E-state index contributed by atoms with van der Waals surface area (Å²) >= 11 is 0. The molecule has 2 unspecified atom stereocenters. The summed E-state index contributed by atoms with van der Waals surface area (Å²) in [6.45, 7) is 3.67. The summed E-state index contributed by atoms with van der Waals surface area (Å²) < 4.78 is 33.3. The number of unbranched alkanes of at least 4 members (excludes halogenated alkanes) is 45. The second-order valence-electron chi connectivity index (χ2n) is 26.9. The predicted molar refractivity (Wildman–Crippen MR) is 413 cm³/mol. The van der Waals surface area contributed by atoms with E-state index in [0.717, 1.165) is 103 Å². The van der Waals surface area contributed by atoms with Crippen LogP contribution in [-0.4, -0.2) is 49.3 Å². The van der Waals surface area contributed by atoms with E-state index in [2.05, 4.69) is 123 Å². The number of nitrogens with two attached hydrogens (primary N) is 1. The Hall–Kier alpha value is -3.33. The maximum Gasteiger partial charge on any atom is 0.472 e. The van der Waals surface area contributed by atoms with Crippen molar-refractivity contribution in [3.8, 4) is 0 Å². The summed E-state index contributed by atoms with van der Waals surface area (Å²) in [6, 6.07) is 0. The Morgan fingerprint density at radius 3 is 0.863 bits per heavy atom. The van der Waals surface area contributed by atoms with Gasteiger partial charge in [-0.25, -0.2) is 4.57 Å². The van der Waals surface area contributed by atoms with Crippen molar-refractivity contribution in [2.24, 2.45) is 5.73 Å². The maximum absolute atomic E-state index is 12.8. The van der Waals surface area contributed by atoms with Crippen LogP contribution in [0, 0.1) is 0 Å². The zero-order valence-electron chi connectivity index (χ0n) is 62.1. The van der Waals surface area contributed by atoms with Gasteiger partial charge in [-0.15, -0.1) is 0 Å².